The van der Waals surface area contributed by atoms with Gasteiger partial charge in [0, 0.05) is 10.1 Å². The first-order valence-corrected chi connectivity index (χ1v) is 9.95. The number of halogens is 1. The summed E-state index contributed by atoms with van der Waals surface area (Å²) in [6.07, 6.45) is 5.88. The second-order valence-corrected chi connectivity index (χ2v) is 7.80. The number of carbonyl (C=O) groups is 1. The number of methoxy groups -OCH3 is 1. The van der Waals surface area contributed by atoms with E-state index in [0.29, 0.717) is 33.2 Å². The number of aromatic amines is 1. The van der Waals surface area contributed by atoms with Crippen molar-refractivity contribution >= 4 is 33.3 Å². The molecule has 0 unspecified atom stereocenters. The number of ether oxygens (including phenoxy) is 2. The molecule has 1 aliphatic carbocycles. The van der Waals surface area contributed by atoms with E-state index in [0.717, 1.165) is 24.2 Å². The van der Waals surface area contributed by atoms with E-state index in [9.17, 15) is 9.18 Å². The van der Waals surface area contributed by atoms with Crippen LogP contribution in [-0.4, -0.2) is 40.2 Å². The number of hydrogen-bond acceptors (Lipinski definition) is 7. The van der Waals surface area contributed by atoms with Gasteiger partial charge in [-0.05, 0) is 36.1 Å². The summed E-state index contributed by atoms with van der Waals surface area (Å²) in [5, 5.41) is 16.4. The number of carbonyl (C=O) groups excluding carboxylic acids is 1. The first-order chi connectivity index (χ1) is 13.7. The van der Waals surface area contributed by atoms with E-state index in [4.69, 9.17) is 9.47 Å². The standard InChI is InChI=1S/C18H20FN5O3S/c1-26-13-7-11-14(8-12(13)19)28-16(17(25)20-18-21-23-24-22-18)15(11)27-9-10-5-3-2-4-6-10/h7-8,10H,2-6,9H2,1H3,(H2,20,21,22,23,24,25). The largest absolute Gasteiger partial charge is 0.494 e. The van der Waals surface area contributed by atoms with Crippen LogP contribution in [0.2, 0.25) is 0 Å². The summed E-state index contributed by atoms with van der Waals surface area (Å²) in [6.45, 7) is 0.522. The summed E-state index contributed by atoms with van der Waals surface area (Å²) in [7, 11) is 1.41. The van der Waals surface area contributed by atoms with Gasteiger partial charge in [0.25, 0.3) is 11.9 Å². The Kier molecular flexibility index (Phi) is 5.38. The van der Waals surface area contributed by atoms with Crippen LogP contribution >= 0.6 is 11.3 Å². The van der Waals surface area contributed by atoms with Crippen molar-refractivity contribution in [1.29, 1.82) is 0 Å². The zero-order chi connectivity index (χ0) is 19.5. The zero-order valence-electron chi connectivity index (χ0n) is 15.3. The molecule has 1 amide bonds. The van der Waals surface area contributed by atoms with Gasteiger partial charge in [0.15, 0.2) is 17.3 Å². The molecule has 0 bridgehead atoms. The summed E-state index contributed by atoms with van der Waals surface area (Å²) in [5.41, 5.74) is 0. The number of amides is 1. The number of nitrogens with zero attached hydrogens (tertiary/aromatic N) is 3. The lowest BCUT2D eigenvalue weighted by Crippen LogP contribution is -2.17. The molecule has 1 fully saturated rings. The lowest BCUT2D eigenvalue weighted by atomic mass is 9.90. The number of rotatable bonds is 6. The third kappa shape index (κ3) is 3.77. The highest BCUT2D eigenvalue weighted by molar-refractivity contribution is 7.21. The van der Waals surface area contributed by atoms with Crippen molar-refractivity contribution in [2.45, 2.75) is 32.1 Å². The van der Waals surface area contributed by atoms with Gasteiger partial charge in [-0.25, -0.2) is 4.39 Å². The fourth-order valence-electron chi connectivity index (χ4n) is 3.45. The molecule has 1 aliphatic rings. The van der Waals surface area contributed by atoms with E-state index < -0.39 is 11.7 Å². The number of tetrazole rings is 1. The van der Waals surface area contributed by atoms with Crippen molar-refractivity contribution in [3.8, 4) is 11.5 Å². The van der Waals surface area contributed by atoms with Gasteiger partial charge in [-0.3, -0.25) is 10.1 Å². The molecule has 0 radical (unpaired) electrons. The lowest BCUT2D eigenvalue weighted by Gasteiger charge is -2.21. The number of fused-ring (bicyclic) bond motifs is 1. The Morgan fingerprint density at radius 3 is 2.89 bits per heavy atom. The van der Waals surface area contributed by atoms with Crippen molar-refractivity contribution in [2.75, 3.05) is 19.0 Å². The van der Waals surface area contributed by atoms with Crippen molar-refractivity contribution in [2.24, 2.45) is 5.92 Å². The molecule has 148 valence electrons. The number of anilines is 1. The Balaban J connectivity index is 1.68. The SMILES string of the molecule is COc1cc2c(OCC3CCCCC3)c(C(=O)Nc3nn[nH]n3)sc2cc1F. The Morgan fingerprint density at radius 1 is 1.36 bits per heavy atom. The molecule has 1 aromatic carbocycles. The minimum Gasteiger partial charge on any atom is -0.494 e. The molecule has 0 aliphatic heterocycles. The van der Waals surface area contributed by atoms with E-state index in [1.165, 1.54) is 32.4 Å². The van der Waals surface area contributed by atoms with Gasteiger partial charge in [0.05, 0.1) is 13.7 Å². The van der Waals surface area contributed by atoms with Gasteiger partial charge >= 0.3 is 0 Å². The molecule has 0 saturated heterocycles. The Labute approximate surface area is 164 Å². The quantitative estimate of drug-likeness (QED) is 0.647. The van der Waals surface area contributed by atoms with E-state index >= 15 is 0 Å². The van der Waals surface area contributed by atoms with Crippen molar-refractivity contribution in [3.63, 3.8) is 0 Å². The minimum atomic E-state index is -0.486. The van der Waals surface area contributed by atoms with E-state index in [-0.39, 0.29) is 11.7 Å². The maximum absolute atomic E-state index is 14.2. The first-order valence-electron chi connectivity index (χ1n) is 9.13. The van der Waals surface area contributed by atoms with Gasteiger partial charge in [0.1, 0.15) is 4.88 Å². The molecular weight excluding hydrogens is 385 g/mol. The predicted octanol–water partition coefficient (Wildman–Crippen LogP) is 3.77. The second-order valence-electron chi connectivity index (χ2n) is 6.75. The normalized spacial score (nSPS) is 14.9. The molecule has 28 heavy (non-hydrogen) atoms. The maximum Gasteiger partial charge on any atom is 0.272 e. The highest BCUT2D eigenvalue weighted by Gasteiger charge is 2.24. The van der Waals surface area contributed by atoms with Crippen LogP contribution in [0.5, 0.6) is 11.5 Å². The van der Waals surface area contributed by atoms with Gasteiger partial charge in [0.2, 0.25) is 0 Å². The number of thiophene rings is 1. The molecule has 2 N–H and O–H groups in total. The number of benzene rings is 1. The summed E-state index contributed by atoms with van der Waals surface area (Å²) < 4.78 is 26.0. The topological polar surface area (TPSA) is 102 Å². The highest BCUT2D eigenvalue weighted by Crippen LogP contribution is 2.41. The van der Waals surface area contributed by atoms with E-state index in [2.05, 4.69) is 25.9 Å². The third-order valence-electron chi connectivity index (χ3n) is 4.88. The Bertz CT molecular complexity index is 969. The van der Waals surface area contributed by atoms with Crippen LogP contribution in [0.3, 0.4) is 0 Å². The van der Waals surface area contributed by atoms with Crippen molar-refractivity contribution in [3.05, 3.63) is 22.8 Å². The molecular formula is C18H20FN5O3S. The van der Waals surface area contributed by atoms with Crippen LogP contribution in [0.4, 0.5) is 10.3 Å². The van der Waals surface area contributed by atoms with Crippen LogP contribution in [0.25, 0.3) is 10.1 Å². The average Bonchev–Trinajstić information content (AvgIpc) is 3.34. The van der Waals surface area contributed by atoms with Crippen molar-refractivity contribution < 1.29 is 18.7 Å². The molecule has 2 aromatic heterocycles. The van der Waals surface area contributed by atoms with Crippen LogP contribution in [0.1, 0.15) is 41.8 Å². The van der Waals surface area contributed by atoms with Gasteiger partial charge in [-0.1, -0.05) is 24.4 Å². The molecule has 10 heteroatoms. The number of hydrogen-bond donors (Lipinski definition) is 2. The monoisotopic (exact) mass is 405 g/mol. The smallest absolute Gasteiger partial charge is 0.272 e. The summed E-state index contributed by atoms with van der Waals surface area (Å²) >= 11 is 1.16. The van der Waals surface area contributed by atoms with Gasteiger partial charge < -0.3 is 9.47 Å². The second kappa shape index (κ2) is 8.09. The summed E-state index contributed by atoms with van der Waals surface area (Å²) in [5.74, 6) is 0.146. The predicted molar refractivity (Wildman–Crippen MR) is 103 cm³/mol. The number of aromatic nitrogens is 4. The van der Waals surface area contributed by atoms with E-state index in [1.807, 2.05) is 0 Å². The summed E-state index contributed by atoms with van der Waals surface area (Å²) in [4.78, 5) is 13.1. The average molecular weight is 405 g/mol. The lowest BCUT2D eigenvalue weighted by molar-refractivity contribution is 0.102. The fraction of sp³-hybridized carbons (Fsp3) is 0.444. The highest BCUT2D eigenvalue weighted by atomic mass is 32.1. The summed E-state index contributed by atoms with van der Waals surface area (Å²) in [6, 6.07) is 2.93. The molecule has 0 spiro atoms. The molecule has 3 aromatic rings. The Morgan fingerprint density at radius 2 is 2.18 bits per heavy atom. The minimum absolute atomic E-state index is 0.0597. The fourth-order valence-corrected chi connectivity index (χ4v) is 4.50. The van der Waals surface area contributed by atoms with Crippen LogP contribution in [0.15, 0.2) is 12.1 Å². The van der Waals surface area contributed by atoms with Gasteiger partial charge in [-0.2, -0.15) is 5.21 Å². The zero-order valence-corrected chi connectivity index (χ0v) is 16.1. The number of H-pyrrole nitrogens is 1. The number of nitrogens with one attached hydrogen (secondary N) is 2. The van der Waals surface area contributed by atoms with Crippen molar-refractivity contribution in [1.82, 2.24) is 20.6 Å². The Hall–Kier alpha value is -2.75. The molecule has 1 saturated carbocycles. The first kappa shape index (κ1) is 18.6. The molecule has 2 heterocycles. The van der Waals surface area contributed by atoms with Crippen LogP contribution < -0.4 is 14.8 Å². The van der Waals surface area contributed by atoms with Gasteiger partial charge in [-0.15, -0.1) is 16.4 Å². The third-order valence-corrected chi connectivity index (χ3v) is 6.01. The molecule has 0 atom stereocenters. The maximum atomic E-state index is 14.2. The van der Waals surface area contributed by atoms with E-state index in [1.54, 1.807) is 6.07 Å². The molecule has 8 nitrogen and oxygen atoms in total. The van der Waals surface area contributed by atoms with Crippen LogP contribution in [0, 0.1) is 11.7 Å². The molecule has 4 rings (SSSR count). The van der Waals surface area contributed by atoms with Crippen LogP contribution in [-0.2, 0) is 0 Å².